The summed E-state index contributed by atoms with van der Waals surface area (Å²) in [5.74, 6) is 0.0973. The Bertz CT molecular complexity index is 502. The third-order valence-corrected chi connectivity index (χ3v) is 2.99. The summed E-state index contributed by atoms with van der Waals surface area (Å²) < 4.78 is 2.05. The standard InChI is InChI=1S/C15H18N2O/c1-17-11-5-8-14(17)9-10-15(18)16-12-13-6-3-2-4-7-13/h2-8,11H,9-10,12H2,1H3,(H,16,18). The van der Waals surface area contributed by atoms with E-state index in [0.29, 0.717) is 13.0 Å². The molecule has 0 atom stereocenters. The van der Waals surface area contributed by atoms with E-state index in [0.717, 1.165) is 12.0 Å². The molecule has 2 aromatic rings. The van der Waals surface area contributed by atoms with Crippen molar-refractivity contribution < 1.29 is 4.79 Å². The first-order valence-corrected chi connectivity index (χ1v) is 6.16. The predicted octanol–water partition coefficient (Wildman–Crippen LogP) is 2.27. The SMILES string of the molecule is Cn1cccc1CCC(=O)NCc1ccccc1. The van der Waals surface area contributed by atoms with E-state index in [2.05, 4.69) is 5.32 Å². The van der Waals surface area contributed by atoms with E-state index >= 15 is 0 Å². The number of rotatable bonds is 5. The first-order chi connectivity index (χ1) is 8.75. The van der Waals surface area contributed by atoms with Gasteiger partial charge < -0.3 is 9.88 Å². The van der Waals surface area contributed by atoms with Gasteiger partial charge in [-0.25, -0.2) is 0 Å². The summed E-state index contributed by atoms with van der Waals surface area (Å²) in [5.41, 5.74) is 2.31. The number of aryl methyl sites for hydroxylation is 2. The second kappa shape index (κ2) is 6.05. The zero-order valence-corrected chi connectivity index (χ0v) is 10.6. The third kappa shape index (κ3) is 3.48. The number of nitrogens with zero attached hydrogens (tertiary/aromatic N) is 1. The molecule has 0 spiro atoms. The molecule has 1 amide bonds. The summed E-state index contributed by atoms with van der Waals surface area (Å²) in [4.78, 5) is 11.7. The highest BCUT2D eigenvalue weighted by Crippen LogP contribution is 2.03. The molecule has 3 nitrogen and oxygen atoms in total. The van der Waals surface area contributed by atoms with Crippen LogP contribution in [0.3, 0.4) is 0 Å². The molecule has 0 aliphatic carbocycles. The van der Waals surface area contributed by atoms with Gasteiger partial charge in [0.1, 0.15) is 0 Å². The highest BCUT2D eigenvalue weighted by atomic mass is 16.1. The monoisotopic (exact) mass is 242 g/mol. The molecule has 1 heterocycles. The second-order valence-electron chi connectivity index (χ2n) is 4.37. The Morgan fingerprint density at radius 2 is 1.94 bits per heavy atom. The first kappa shape index (κ1) is 12.4. The molecule has 0 radical (unpaired) electrons. The zero-order valence-electron chi connectivity index (χ0n) is 10.6. The molecule has 0 bridgehead atoms. The fourth-order valence-corrected chi connectivity index (χ4v) is 1.88. The Morgan fingerprint density at radius 1 is 1.17 bits per heavy atom. The van der Waals surface area contributed by atoms with Crippen LogP contribution in [0.4, 0.5) is 0 Å². The van der Waals surface area contributed by atoms with Gasteiger partial charge in [0.15, 0.2) is 0 Å². The highest BCUT2D eigenvalue weighted by molar-refractivity contribution is 5.76. The molecule has 1 N–H and O–H groups in total. The minimum absolute atomic E-state index is 0.0973. The topological polar surface area (TPSA) is 34.0 Å². The molecule has 3 heteroatoms. The van der Waals surface area contributed by atoms with Crippen LogP contribution < -0.4 is 5.32 Å². The van der Waals surface area contributed by atoms with Crippen LogP contribution in [-0.2, 0) is 24.8 Å². The molecule has 0 aliphatic heterocycles. The molecule has 2 rings (SSSR count). The summed E-state index contributed by atoms with van der Waals surface area (Å²) in [5, 5.41) is 2.93. The number of carbonyl (C=O) groups is 1. The number of aromatic nitrogens is 1. The summed E-state index contributed by atoms with van der Waals surface area (Å²) in [6, 6.07) is 14.0. The number of hydrogen-bond acceptors (Lipinski definition) is 1. The minimum atomic E-state index is 0.0973. The Kier molecular flexibility index (Phi) is 4.18. The summed E-state index contributed by atoms with van der Waals surface area (Å²) in [6.07, 6.45) is 3.31. The van der Waals surface area contributed by atoms with E-state index in [4.69, 9.17) is 0 Å². The molecule has 18 heavy (non-hydrogen) atoms. The second-order valence-corrected chi connectivity index (χ2v) is 4.37. The average Bonchev–Trinajstić information content (AvgIpc) is 2.81. The van der Waals surface area contributed by atoms with E-state index in [9.17, 15) is 4.79 Å². The molecule has 0 saturated carbocycles. The van der Waals surface area contributed by atoms with Gasteiger partial charge in [0.05, 0.1) is 0 Å². The Morgan fingerprint density at radius 3 is 2.61 bits per heavy atom. The van der Waals surface area contributed by atoms with Crippen LogP contribution in [0.15, 0.2) is 48.7 Å². The van der Waals surface area contributed by atoms with Crippen LogP contribution in [0, 0.1) is 0 Å². The van der Waals surface area contributed by atoms with Gasteiger partial charge in [-0.05, 0) is 24.1 Å². The normalized spacial score (nSPS) is 10.3. The van der Waals surface area contributed by atoms with Crippen LogP contribution in [0.5, 0.6) is 0 Å². The molecule has 1 aromatic carbocycles. The molecule has 94 valence electrons. The molecular formula is C15H18N2O. The average molecular weight is 242 g/mol. The Labute approximate surface area is 107 Å². The quantitative estimate of drug-likeness (QED) is 0.857. The molecule has 0 fully saturated rings. The van der Waals surface area contributed by atoms with Crippen molar-refractivity contribution in [2.75, 3.05) is 0 Å². The van der Waals surface area contributed by atoms with Crippen molar-refractivity contribution in [3.63, 3.8) is 0 Å². The lowest BCUT2D eigenvalue weighted by Crippen LogP contribution is -2.23. The van der Waals surface area contributed by atoms with Crippen molar-refractivity contribution in [2.45, 2.75) is 19.4 Å². The largest absolute Gasteiger partial charge is 0.354 e. The van der Waals surface area contributed by atoms with Crippen molar-refractivity contribution in [3.8, 4) is 0 Å². The first-order valence-electron chi connectivity index (χ1n) is 6.16. The minimum Gasteiger partial charge on any atom is -0.354 e. The van der Waals surface area contributed by atoms with E-state index < -0.39 is 0 Å². The lowest BCUT2D eigenvalue weighted by Gasteiger charge is -2.06. The van der Waals surface area contributed by atoms with Crippen LogP contribution in [-0.4, -0.2) is 10.5 Å². The number of amides is 1. The van der Waals surface area contributed by atoms with Crippen molar-refractivity contribution in [1.82, 2.24) is 9.88 Å². The fourth-order valence-electron chi connectivity index (χ4n) is 1.88. The lowest BCUT2D eigenvalue weighted by atomic mass is 10.2. The third-order valence-electron chi connectivity index (χ3n) is 2.99. The summed E-state index contributed by atoms with van der Waals surface area (Å²) in [6.45, 7) is 0.604. The molecule has 1 aromatic heterocycles. The van der Waals surface area contributed by atoms with Gasteiger partial charge in [0.25, 0.3) is 0 Å². The molecule has 0 unspecified atom stereocenters. The van der Waals surface area contributed by atoms with Crippen molar-refractivity contribution in [2.24, 2.45) is 7.05 Å². The van der Waals surface area contributed by atoms with Crippen LogP contribution >= 0.6 is 0 Å². The van der Waals surface area contributed by atoms with Gasteiger partial charge in [0.2, 0.25) is 5.91 Å². The van der Waals surface area contributed by atoms with E-state index in [1.807, 2.05) is 60.3 Å². The van der Waals surface area contributed by atoms with Crippen LogP contribution in [0.1, 0.15) is 17.7 Å². The van der Waals surface area contributed by atoms with Gasteiger partial charge in [-0.15, -0.1) is 0 Å². The van der Waals surface area contributed by atoms with Crippen LogP contribution in [0.2, 0.25) is 0 Å². The highest BCUT2D eigenvalue weighted by Gasteiger charge is 2.03. The lowest BCUT2D eigenvalue weighted by molar-refractivity contribution is -0.121. The van der Waals surface area contributed by atoms with Gasteiger partial charge in [-0.1, -0.05) is 30.3 Å². The smallest absolute Gasteiger partial charge is 0.220 e. The maximum Gasteiger partial charge on any atom is 0.220 e. The number of hydrogen-bond donors (Lipinski definition) is 1. The maximum absolute atomic E-state index is 11.7. The van der Waals surface area contributed by atoms with Crippen molar-refractivity contribution >= 4 is 5.91 Å². The van der Waals surface area contributed by atoms with Crippen LogP contribution in [0.25, 0.3) is 0 Å². The van der Waals surface area contributed by atoms with Gasteiger partial charge >= 0.3 is 0 Å². The Balaban J connectivity index is 1.75. The van der Waals surface area contributed by atoms with E-state index in [-0.39, 0.29) is 5.91 Å². The molecular weight excluding hydrogens is 224 g/mol. The number of benzene rings is 1. The van der Waals surface area contributed by atoms with Gasteiger partial charge in [-0.3, -0.25) is 4.79 Å². The zero-order chi connectivity index (χ0) is 12.8. The number of nitrogens with one attached hydrogen (secondary N) is 1. The van der Waals surface area contributed by atoms with Gasteiger partial charge in [0, 0.05) is 31.9 Å². The fraction of sp³-hybridized carbons (Fsp3) is 0.267. The summed E-state index contributed by atoms with van der Waals surface area (Å²) >= 11 is 0. The molecule has 0 saturated heterocycles. The number of carbonyl (C=O) groups excluding carboxylic acids is 1. The summed E-state index contributed by atoms with van der Waals surface area (Å²) in [7, 11) is 2.00. The maximum atomic E-state index is 11.7. The Hall–Kier alpha value is -2.03. The van der Waals surface area contributed by atoms with Crippen molar-refractivity contribution in [3.05, 3.63) is 59.9 Å². The molecule has 0 aliphatic rings. The van der Waals surface area contributed by atoms with Crippen molar-refractivity contribution in [1.29, 1.82) is 0 Å². The predicted molar refractivity (Wildman–Crippen MR) is 72.0 cm³/mol. The van der Waals surface area contributed by atoms with Gasteiger partial charge in [-0.2, -0.15) is 0 Å². The van der Waals surface area contributed by atoms with E-state index in [1.54, 1.807) is 0 Å². The van der Waals surface area contributed by atoms with E-state index in [1.165, 1.54) is 5.69 Å².